The van der Waals surface area contributed by atoms with Crippen molar-refractivity contribution in [2.24, 2.45) is 0 Å². The summed E-state index contributed by atoms with van der Waals surface area (Å²) in [4.78, 5) is 2.75. The summed E-state index contributed by atoms with van der Waals surface area (Å²) in [6.45, 7) is 28.8. The van der Waals surface area contributed by atoms with E-state index >= 15 is 0 Å². The van der Waals surface area contributed by atoms with Gasteiger partial charge in [-0.25, -0.2) is 0 Å². The predicted molar refractivity (Wildman–Crippen MR) is 290 cm³/mol. The van der Waals surface area contributed by atoms with Gasteiger partial charge in [0.05, 0.1) is 0 Å². The minimum Gasteiger partial charge on any atom is -0.375 e. The second-order valence-corrected chi connectivity index (χ2v) is 24.6. The van der Waals surface area contributed by atoms with Crippen LogP contribution in [0.5, 0.6) is 0 Å². The van der Waals surface area contributed by atoms with E-state index in [-0.39, 0.29) is 33.9 Å². The summed E-state index contributed by atoms with van der Waals surface area (Å²) in [6, 6.07) is 55.5. The molecule has 0 N–H and O–H groups in total. The topological polar surface area (TPSA) is 8.17 Å². The van der Waals surface area contributed by atoms with Crippen LogP contribution in [0, 0.1) is 0 Å². The van der Waals surface area contributed by atoms with Crippen molar-refractivity contribution in [3.05, 3.63) is 184 Å². The molecule has 0 radical (unpaired) electrons. The Morgan fingerprint density at radius 3 is 1.63 bits per heavy atom. The molecule has 0 saturated carbocycles. The average molecular weight is 879 g/mol. The van der Waals surface area contributed by atoms with Crippen LogP contribution < -0.4 is 15.8 Å². The summed E-state index contributed by atoms with van der Waals surface area (Å²) in [5.74, 6) is 0. The lowest BCUT2D eigenvalue weighted by atomic mass is 9.44. The summed E-state index contributed by atoms with van der Waals surface area (Å²) < 4.78 is 2.80. The van der Waals surface area contributed by atoms with Crippen LogP contribution in [-0.4, -0.2) is 11.3 Å². The Balaban J connectivity index is 1.19. The van der Waals surface area contributed by atoms with Crippen LogP contribution in [0.4, 0.5) is 17.1 Å². The van der Waals surface area contributed by atoms with Crippen LogP contribution in [0.2, 0.25) is 0 Å². The molecule has 9 aromatic rings. The molecular weight excluding hydrogens is 820 g/mol. The third-order valence-corrected chi connectivity index (χ3v) is 17.6. The van der Waals surface area contributed by atoms with Crippen LogP contribution in [0.1, 0.15) is 128 Å². The number of hydrogen-bond donors (Lipinski definition) is 0. The highest BCUT2D eigenvalue weighted by Crippen LogP contribution is 2.60. The Morgan fingerprint density at radius 1 is 0.426 bits per heavy atom. The molecule has 14 rings (SSSR count). The van der Waals surface area contributed by atoms with Crippen molar-refractivity contribution in [3.63, 3.8) is 0 Å². The van der Waals surface area contributed by atoms with E-state index in [0.29, 0.717) is 0 Å². The fraction of sp³-hybridized carbons (Fsp3) is 0.262. The molecular formula is C65H59BN2. The Bertz CT molecular complexity index is 3800. The second-order valence-electron chi connectivity index (χ2n) is 24.6. The van der Waals surface area contributed by atoms with Gasteiger partial charge in [-0.05, 0) is 154 Å². The first kappa shape index (κ1) is 40.5. The number of anilines is 3. The van der Waals surface area contributed by atoms with E-state index < -0.39 is 0 Å². The van der Waals surface area contributed by atoms with Gasteiger partial charge in [-0.1, -0.05) is 174 Å². The lowest BCUT2D eigenvalue weighted by Gasteiger charge is -2.44. The van der Waals surface area contributed by atoms with Crippen LogP contribution >= 0.6 is 0 Å². The Morgan fingerprint density at radius 2 is 0.985 bits per heavy atom. The molecule has 8 aromatic carbocycles. The van der Waals surface area contributed by atoms with Crippen molar-refractivity contribution < 1.29 is 0 Å². The van der Waals surface area contributed by atoms with Gasteiger partial charge >= 0.3 is 6.85 Å². The van der Waals surface area contributed by atoms with Crippen molar-refractivity contribution in [2.75, 3.05) is 4.90 Å². The largest absolute Gasteiger partial charge is 0.375 e. The summed E-state index contributed by atoms with van der Waals surface area (Å²) >= 11 is 0. The van der Waals surface area contributed by atoms with Crippen molar-refractivity contribution in [2.45, 2.75) is 110 Å². The van der Waals surface area contributed by atoms with Gasteiger partial charge in [0.2, 0.25) is 0 Å². The van der Waals surface area contributed by atoms with E-state index in [4.69, 9.17) is 0 Å². The molecule has 0 amide bonds. The number of fused-ring (bicyclic) bond motifs is 17. The van der Waals surface area contributed by atoms with Gasteiger partial charge in [-0.2, -0.15) is 0 Å². The highest BCUT2D eigenvalue weighted by atomic mass is 15.2. The van der Waals surface area contributed by atoms with E-state index in [2.05, 4.69) is 232 Å². The smallest absolute Gasteiger partial charge is 0.333 e. The van der Waals surface area contributed by atoms with Crippen molar-refractivity contribution >= 4 is 56.6 Å². The normalized spacial score (nSPS) is 16.8. The Labute approximate surface area is 402 Å². The van der Waals surface area contributed by atoms with E-state index in [1.807, 2.05) is 0 Å². The highest BCUT2D eigenvalue weighted by Gasteiger charge is 2.51. The quantitative estimate of drug-likeness (QED) is 0.149. The molecule has 3 heterocycles. The maximum absolute atomic E-state index is 2.80. The maximum atomic E-state index is 2.80. The fourth-order valence-electron chi connectivity index (χ4n) is 14.0. The van der Waals surface area contributed by atoms with E-state index in [0.717, 1.165) is 0 Å². The first-order chi connectivity index (χ1) is 32.3. The highest BCUT2D eigenvalue weighted by molar-refractivity contribution is 6.90. The lowest BCUT2D eigenvalue weighted by Crippen LogP contribution is -2.57. The first-order valence-corrected chi connectivity index (χ1v) is 25.0. The zero-order chi connectivity index (χ0) is 46.9. The minimum atomic E-state index is -0.267. The van der Waals surface area contributed by atoms with Crippen molar-refractivity contribution in [1.29, 1.82) is 0 Å². The van der Waals surface area contributed by atoms with Gasteiger partial charge in [0.15, 0.2) is 0 Å². The summed E-state index contributed by atoms with van der Waals surface area (Å²) in [5.41, 5.74) is 30.7. The molecule has 2 aliphatic heterocycles. The molecule has 0 spiro atoms. The minimum absolute atomic E-state index is 0.00778. The molecule has 3 aliphatic carbocycles. The monoisotopic (exact) mass is 878 g/mol. The fourth-order valence-corrected chi connectivity index (χ4v) is 14.0. The lowest BCUT2D eigenvalue weighted by molar-refractivity contribution is 0.590. The third kappa shape index (κ3) is 4.85. The Hall–Kier alpha value is -6.58. The van der Waals surface area contributed by atoms with Crippen molar-refractivity contribution in [3.8, 4) is 44.5 Å². The molecule has 68 heavy (non-hydrogen) atoms. The molecule has 3 heteroatoms. The molecule has 0 unspecified atom stereocenters. The van der Waals surface area contributed by atoms with Crippen molar-refractivity contribution in [1.82, 2.24) is 4.48 Å². The molecule has 5 aliphatic rings. The van der Waals surface area contributed by atoms with Gasteiger partial charge in [0.25, 0.3) is 0 Å². The van der Waals surface area contributed by atoms with Crippen LogP contribution in [0.25, 0.3) is 66.3 Å². The van der Waals surface area contributed by atoms with E-state index in [9.17, 15) is 0 Å². The number of hydrogen-bond acceptors (Lipinski definition) is 1. The summed E-state index contributed by atoms with van der Waals surface area (Å²) in [6.07, 6.45) is 0. The number of rotatable bonds is 1. The standard InChI is InChI=1S/C65H59BN2/c1-61(2,3)36-25-28-55-44(29-36)47-30-37(62(4,5)6)31-48-46-33-45-41-21-15-18-24-51(41)65(11,12)57(45)60-58(46)66(68(55)59(47)48)54-35-53-43(40-20-14-17-23-50(40)64(53,9)10)34-56(54)67(60)38-26-27-52-42(32-38)39-19-13-16-22-49(39)63(52,7)8/h13-35H,1-12H3. The van der Waals surface area contributed by atoms with Gasteiger partial charge in [0.1, 0.15) is 0 Å². The number of aromatic nitrogens is 1. The molecule has 0 saturated heterocycles. The van der Waals surface area contributed by atoms with Gasteiger partial charge in [-0.15, -0.1) is 0 Å². The number of benzene rings is 8. The third-order valence-electron chi connectivity index (χ3n) is 17.6. The van der Waals surface area contributed by atoms with Crippen LogP contribution in [0.3, 0.4) is 0 Å². The zero-order valence-electron chi connectivity index (χ0n) is 41.8. The van der Waals surface area contributed by atoms with Gasteiger partial charge in [-0.3, -0.25) is 0 Å². The predicted octanol–water partition coefficient (Wildman–Crippen LogP) is 15.7. The molecule has 0 atom stereocenters. The Kier molecular flexibility index (Phi) is 7.47. The second kappa shape index (κ2) is 12.5. The van der Waals surface area contributed by atoms with Gasteiger partial charge in [0, 0.05) is 60.7 Å². The SMILES string of the molecule is CC(C)(C)c1ccc2c(c1)c1cc(C(C)(C)C)cc3c1n2B1c2cc4c(cc2N(c2ccc5c(c2)-c2ccccc2C5(C)C)c2c1c-3cc1c2C(C)(C)c2ccccc2-1)-c1ccccc1C4(C)C. The molecule has 332 valence electrons. The van der Waals surface area contributed by atoms with Crippen LogP contribution in [0.15, 0.2) is 140 Å². The number of nitrogens with zero attached hydrogens (tertiary/aromatic N) is 2. The molecule has 1 aromatic heterocycles. The average Bonchev–Trinajstić information content (AvgIpc) is 3.92. The van der Waals surface area contributed by atoms with E-state index in [1.54, 1.807) is 0 Å². The maximum Gasteiger partial charge on any atom is 0.333 e. The molecule has 0 bridgehead atoms. The molecule has 0 fully saturated rings. The summed E-state index contributed by atoms with van der Waals surface area (Å²) in [7, 11) is 0. The zero-order valence-corrected chi connectivity index (χ0v) is 41.8. The van der Waals surface area contributed by atoms with E-state index in [1.165, 1.54) is 139 Å². The summed E-state index contributed by atoms with van der Waals surface area (Å²) in [5, 5.41) is 2.71. The van der Waals surface area contributed by atoms with Crippen LogP contribution in [-0.2, 0) is 27.1 Å². The van der Waals surface area contributed by atoms with Gasteiger partial charge < -0.3 is 9.38 Å². The first-order valence-electron chi connectivity index (χ1n) is 25.0. The molecule has 2 nitrogen and oxygen atoms in total.